The number of fused-ring (bicyclic) bond motifs is 2. The van der Waals surface area contributed by atoms with E-state index in [1.165, 1.54) is 37.7 Å². The molecule has 192 valence electrons. The molecule has 1 aromatic heterocycles. The molecule has 2 aromatic rings. The van der Waals surface area contributed by atoms with Gasteiger partial charge in [-0.15, -0.1) is 0 Å². The Morgan fingerprint density at radius 3 is 2.69 bits per heavy atom. The Morgan fingerprint density at radius 2 is 2.00 bits per heavy atom. The third-order valence-electron chi connectivity index (χ3n) is 8.92. The van der Waals surface area contributed by atoms with Crippen LogP contribution in [-0.2, 0) is 0 Å². The van der Waals surface area contributed by atoms with Crippen molar-refractivity contribution in [2.45, 2.75) is 64.5 Å². The van der Waals surface area contributed by atoms with Crippen LogP contribution >= 0.6 is 0 Å². The third-order valence-corrected chi connectivity index (χ3v) is 8.92. The summed E-state index contributed by atoms with van der Waals surface area (Å²) in [7, 11) is 0. The molecule has 1 N–H and O–H groups in total. The lowest BCUT2D eigenvalue weighted by Crippen LogP contribution is -2.60. The van der Waals surface area contributed by atoms with E-state index in [4.69, 9.17) is 4.74 Å². The van der Waals surface area contributed by atoms with Crippen molar-refractivity contribution in [3.63, 3.8) is 0 Å². The first-order chi connectivity index (χ1) is 17.4. The highest BCUT2D eigenvalue weighted by molar-refractivity contribution is 5.97. The molecule has 1 aromatic carbocycles. The summed E-state index contributed by atoms with van der Waals surface area (Å²) in [5.41, 5.74) is 0.600. The van der Waals surface area contributed by atoms with Crippen LogP contribution in [-0.4, -0.2) is 59.0 Å². The smallest absolute Gasteiger partial charge is 0.258 e. The minimum absolute atomic E-state index is 0.0239. The summed E-state index contributed by atoms with van der Waals surface area (Å²) in [4.78, 5) is 26.8. The Labute approximate surface area is 212 Å². The molecule has 6 rings (SSSR count). The molecule has 2 saturated carbocycles. The van der Waals surface area contributed by atoms with Crippen LogP contribution in [0.25, 0.3) is 0 Å². The Hall–Kier alpha value is -2.74. The predicted molar refractivity (Wildman–Crippen MR) is 136 cm³/mol. The summed E-state index contributed by atoms with van der Waals surface area (Å²) in [6, 6.07) is 4.46. The molecule has 4 aliphatic rings. The molecule has 2 aliphatic carbocycles. The number of piperidine rings is 1. The second kappa shape index (κ2) is 9.29. The van der Waals surface area contributed by atoms with Crippen molar-refractivity contribution in [2.75, 3.05) is 31.1 Å². The summed E-state index contributed by atoms with van der Waals surface area (Å²) in [5, 5.41) is 3.44. The summed E-state index contributed by atoms with van der Waals surface area (Å²) >= 11 is 0. The minimum Gasteiger partial charge on any atom is -0.451 e. The van der Waals surface area contributed by atoms with Gasteiger partial charge in [-0.1, -0.05) is 6.42 Å². The molecule has 3 atom stereocenters. The zero-order chi connectivity index (χ0) is 24.9. The van der Waals surface area contributed by atoms with Gasteiger partial charge in [0.2, 0.25) is 0 Å². The maximum Gasteiger partial charge on any atom is 0.258 e. The molecule has 36 heavy (non-hydrogen) atoms. The molecule has 1 amide bonds. The van der Waals surface area contributed by atoms with Crippen molar-refractivity contribution in [2.24, 2.45) is 17.3 Å². The fourth-order valence-electron chi connectivity index (χ4n) is 7.14. The van der Waals surface area contributed by atoms with E-state index >= 15 is 0 Å². The highest BCUT2D eigenvalue weighted by Crippen LogP contribution is 2.48. The van der Waals surface area contributed by atoms with Crippen molar-refractivity contribution in [3.8, 4) is 11.5 Å². The van der Waals surface area contributed by atoms with Crippen LogP contribution in [0.15, 0.2) is 30.7 Å². The highest BCUT2D eigenvalue weighted by atomic mass is 19.1. The lowest BCUT2D eigenvalue weighted by Gasteiger charge is -2.53. The third kappa shape index (κ3) is 4.23. The fraction of sp³-hybridized carbons (Fsp3) is 0.607. The van der Waals surface area contributed by atoms with Crippen LogP contribution in [0.1, 0.15) is 62.7 Å². The van der Waals surface area contributed by atoms with Crippen LogP contribution in [0, 0.1) is 23.1 Å². The predicted octanol–water partition coefficient (Wildman–Crippen LogP) is 4.64. The second-order valence-electron chi connectivity index (χ2n) is 11.6. The fourth-order valence-corrected chi connectivity index (χ4v) is 7.14. The summed E-state index contributed by atoms with van der Waals surface area (Å²) < 4.78 is 20.8. The Bertz CT molecular complexity index is 1130. The molecule has 2 aliphatic heterocycles. The van der Waals surface area contributed by atoms with E-state index in [9.17, 15) is 9.18 Å². The summed E-state index contributed by atoms with van der Waals surface area (Å²) in [6.07, 6.45) is 10.2. The van der Waals surface area contributed by atoms with Gasteiger partial charge in [-0.2, -0.15) is 0 Å². The van der Waals surface area contributed by atoms with Crippen LogP contribution in [0.2, 0.25) is 0 Å². The van der Waals surface area contributed by atoms with Gasteiger partial charge >= 0.3 is 0 Å². The van der Waals surface area contributed by atoms with Gasteiger partial charge in [-0.3, -0.25) is 4.79 Å². The number of carbonyl (C=O) groups excluding carboxylic acids is 1. The second-order valence-corrected chi connectivity index (χ2v) is 11.6. The lowest BCUT2D eigenvalue weighted by atomic mass is 9.72. The number of hydrogen-bond acceptors (Lipinski definition) is 6. The summed E-state index contributed by atoms with van der Waals surface area (Å²) in [6.45, 7) is 8.07. The number of carbonyl (C=O) groups is 1. The van der Waals surface area contributed by atoms with Gasteiger partial charge in [0.25, 0.3) is 5.91 Å². The maximum atomic E-state index is 14.4. The number of rotatable bonds is 6. The van der Waals surface area contributed by atoms with Gasteiger partial charge in [0.15, 0.2) is 11.6 Å². The maximum absolute atomic E-state index is 14.4. The first-order valence-electron chi connectivity index (χ1n) is 13.5. The topological polar surface area (TPSA) is 70.6 Å². The highest BCUT2D eigenvalue weighted by Gasteiger charge is 2.46. The average Bonchev–Trinajstić information content (AvgIpc) is 3.48. The number of hydrogen-bond donors (Lipinski definition) is 1. The van der Waals surface area contributed by atoms with Gasteiger partial charge in [0.1, 0.15) is 17.9 Å². The van der Waals surface area contributed by atoms with E-state index in [2.05, 4.69) is 20.2 Å². The van der Waals surface area contributed by atoms with Gasteiger partial charge in [0, 0.05) is 30.6 Å². The Balaban J connectivity index is 1.26. The number of ether oxygens (including phenoxy) is 1. The average molecular weight is 494 g/mol. The Morgan fingerprint density at radius 1 is 1.19 bits per heavy atom. The SMILES string of the molecule is CC(C)N(C(=O)c1cc(F)ccc1Oc1cncnc1N1CC2(CCNCC2)C1)[C@@H]1C[C@@H]2CC[C@H]1C2. The number of amides is 1. The standard InChI is InChI=1S/C28H36FN5O2/c1-18(2)34(23-12-19-3-4-20(23)11-19)27(35)22-13-21(29)5-6-24(22)36-25-14-31-17-32-26(25)33-15-28(16-33)7-9-30-10-8-28/h5-6,13-14,17-20,23,30H,3-4,7-12,15-16H2,1-2H3/t19-,20+,23-/m1/s1. The van der Waals surface area contributed by atoms with E-state index in [0.717, 1.165) is 51.3 Å². The normalized spacial score (nSPS) is 26.3. The molecule has 4 fully saturated rings. The van der Waals surface area contributed by atoms with E-state index in [-0.39, 0.29) is 23.6 Å². The molecule has 1 spiro atoms. The molecule has 0 unspecified atom stereocenters. The van der Waals surface area contributed by atoms with E-state index in [1.807, 2.05) is 18.7 Å². The van der Waals surface area contributed by atoms with Gasteiger partial charge in [0.05, 0.1) is 11.8 Å². The molecule has 2 bridgehead atoms. The largest absolute Gasteiger partial charge is 0.451 e. The van der Waals surface area contributed by atoms with Gasteiger partial charge < -0.3 is 19.9 Å². The van der Waals surface area contributed by atoms with Gasteiger partial charge in [-0.25, -0.2) is 14.4 Å². The summed E-state index contributed by atoms with van der Waals surface area (Å²) in [5.74, 6) is 2.23. The molecule has 8 heteroatoms. The number of nitrogens with one attached hydrogen (secondary N) is 1. The first kappa shape index (κ1) is 23.6. The van der Waals surface area contributed by atoms with E-state index < -0.39 is 5.82 Å². The van der Waals surface area contributed by atoms with Crippen molar-refractivity contribution < 1.29 is 13.9 Å². The van der Waals surface area contributed by atoms with Crippen LogP contribution in [0.3, 0.4) is 0 Å². The van der Waals surface area contributed by atoms with Crippen LogP contribution in [0.5, 0.6) is 11.5 Å². The molecular weight excluding hydrogens is 457 g/mol. The first-order valence-corrected chi connectivity index (χ1v) is 13.5. The zero-order valence-corrected chi connectivity index (χ0v) is 21.3. The Kier molecular flexibility index (Phi) is 6.10. The van der Waals surface area contributed by atoms with Crippen LogP contribution < -0.4 is 15.0 Å². The molecule has 0 radical (unpaired) electrons. The minimum atomic E-state index is -0.442. The molecule has 7 nitrogen and oxygen atoms in total. The number of anilines is 1. The number of halogens is 1. The molecular formula is C28H36FN5O2. The number of benzene rings is 1. The van der Waals surface area contributed by atoms with E-state index in [0.29, 0.717) is 28.7 Å². The lowest BCUT2D eigenvalue weighted by molar-refractivity contribution is 0.0523. The van der Waals surface area contributed by atoms with Crippen molar-refractivity contribution in [1.29, 1.82) is 0 Å². The molecule has 2 saturated heterocycles. The van der Waals surface area contributed by atoms with Crippen LogP contribution in [0.4, 0.5) is 10.2 Å². The zero-order valence-electron chi connectivity index (χ0n) is 21.3. The monoisotopic (exact) mass is 493 g/mol. The van der Waals surface area contributed by atoms with Crippen molar-refractivity contribution in [1.82, 2.24) is 20.2 Å². The van der Waals surface area contributed by atoms with E-state index in [1.54, 1.807) is 12.3 Å². The quantitative estimate of drug-likeness (QED) is 0.632. The van der Waals surface area contributed by atoms with Crippen molar-refractivity contribution >= 4 is 11.7 Å². The number of nitrogens with zero attached hydrogens (tertiary/aromatic N) is 4. The van der Waals surface area contributed by atoms with Crippen molar-refractivity contribution in [3.05, 3.63) is 42.1 Å². The van der Waals surface area contributed by atoms with Gasteiger partial charge in [-0.05, 0) is 89.1 Å². The molecule has 3 heterocycles. The number of aromatic nitrogens is 2.